The van der Waals surface area contributed by atoms with E-state index in [0.717, 1.165) is 24.0 Å². The highest BCUT2D eigenvalue weighted by Gasteiger charge is 2.27. The van der Waals surface area contributed by atoms with Crippen LogP contribution in [0.15, 0.2) is 18.2 Å². The molecule has 0 aromatic heterocycles. The van der Waals surface area contributed by atoms with Gasteiger partial charge in [0.15, 0.2) is 0 Å². The number of ether oxygens (including phenoxy) is 1. The van der Waals surface area contributed by atoms with Crippen molar-refractivity contribution < 1.29 is 13.9 Å². The first-order valence-electron chi connectivity index (χ1n) is 7.34. The molecule has 1 fully saturated rings. The van der Waals surface area contributed by atoms with Gasteiger partial charge in [0, 0.05) is 0 Å². The number of aryl methyl sites for hydroxylation is 1. The Morgan fingerprint density at radius 2 is 2.25 bits per heavy atom. The van der Waals surface area contributed by atoms with Gasteiger partial charge in [-0.2, -0.15) is 0 Å². The lowest BCUT2D eigenvalue weighted by molar-refractivity contribution is -0.132. The number of nitrogens with one attached hydrogen (secondary N) is 1. The maximum absolute atomic E-state index is 13.2. The molecule has 0 spiro atoms. The smallest absolute Gasteiger partial charge is 0.249 e. The van der Waals surface area contributed by atoms with Gasteiger partial charge in [-0.3, -0.25) is 4.79 Å². The third-order valence-electron chi connectivity index (χ3n) is 4.15. The van der Waals surface area contributed by atoms with Gasteiger partial charge in [-0.25, -0.2) is 4.39 Å². The second-order valence-electron chi connectivity index (χ2n) is 5.86. The molecule has 3 rings (SSSR count). The van der Waals surface area contributed by atoms with E-state index in [1.54, 1.807) is 19.1 Å². The molecule has 0 radical (unpaired) electrons. The highest BCUT2D eigenvalue weighted by Crippen LogP contribution is 2.32. The fraction of sp³-hybridized carbons (Fsp3) is 0.562. The minimum atomic E-state index is -0.417. The monoisotopic (exact) mass is 277 g/mol. The largest absolute Gasteiger partial charge is 0.368 e. The van der Waals surface area contributed by atoms with Crippen LogP contribution < -0.4 is 5.32 Å². The Morgan fingerprint density at radius 3 is 3.00 bits per heavy atom. The lowest BCUT2D eigenvalue weighted by atomic mass is 10.1. The molecule has 0 heterocycles. The number of hydrogen-bond donors (Lipinski definition) is 1. The van der Waals surface area contributed by atoms with Gasteiger partial charge in [-0.05, 0) is 61.8 Å². The van der Waals surface area contributed by atoms with E-state index in [1.807, 2.05) is 0 Å². The predicted octanol–water partition coefficient (Wildman–Crippen LogP) is 2.74. The van der Waals surface area contributed by atoms with Crippen LogP contribution in [0.1, 0.15) is 43.4 Å². The molecule has 1 aromatic carbocycles. The molecular weight excluding hydrogens is 257 g/mol. The minimum Gasteiger partial charge on any atom is -0.368 e. The number of hydrogen-bond acceptors (Lipinski definition) is 2. The molecule has 2 atom stereocenters. The highest BCUT2D eigenvalue weighted by atomic mass is 19.1. The van der Waals surface area contributed by atoms with E-state index in [9.17, 15) is 9.18 Å². The topological polar surface area (TPSA) is 38.3 Å². The number of amides is 1. The third-order valence-corrected chi connectivity index (χ3v) is 4.15. The summed E-state index contributed by atoms with van der Waals surface area (Å²) in [6.07, 6.45) is 3.67. The van der Waals surface area contributed by atoms with Crippen LogP contribution >= 0.6 is 0 Å². The molecule has 3 nitrogen and oxygen atoms in total. The maximum Gasteiger partial charge on any atom is 0.249 e. The van der Waals surface area contributed by atoms with Gasteiger partial charge < -0.3 is 10.1 Å². The summed E-state index contributed by atoms with van der Waals surface area (Å²) in [6, 6.07) is 4.79. The molecule has 2 unspecified atom stereocenters. The maximum atomic E-state index is 13.2. The van der Waals surface area contributed by atoms with E-state index in [-0.39, 0.29) is 17.8 Å². The van der Waals surface area contributed by atoms with Crippen molar-refractivity contribution in [3.05, 3.63) is 35.1 Å². The normalized spacial score (nSPS) is 22.4. The summed E-state index contributed by atoms with van der Waals surface area (Å²) in [7, 11) is 0. The highest BCUT2D eigenvalue weighted by molar-refractivity contribution is 5.81. The second kappa shape index (κ2) is 5.52. The van der Waals surface area contributed by atoms with Crippen LogP contribution in [-0.2, 0) is 16.0 Å². The molecule has 1 amide bonds. The van der Waals surface area contributed by atoms with Crippen LogP contribution in [0.4, 0.5) is 4.39 Å². The van der Waals surface area contributed by atoms with Crippen molar-refractivity contribution in [2.75, 3.05) is 6.61 Å². The molecule has 0 saturated heterocycles. The van der Waals surface area contributed by atoms with E-state index in [2.05, 4.69) is 5.32 Å². The van der Waals surface area contributed by atoms with Gasteiger partial charge in [-0.1, -0.05) is 6.07 Å². The molecule has 1 saturated carbocycles. The molecular formula is C16H20FNO2. The summed E-state index contributed by atoms with van der Waals surface area (Å²) < 4.78 is 18.7. The molecule has 4 heteroatoms. The Labute approximate surface area is 118 Å². The Balaban J connectivity index is 1.57. The van der Waals surface area contributed by atoms with Crippen molar-refractivity contribution in [3.8, 4) is 0 Å². The number of carbonyl (C=O) groups excluding carboxylic acids is 1. The number of carbonyl (C=O) groups is 1. The number of fused-ring (bicyclic) bond motifs is 1. The molecule has 1 aromatic rings. The van der Waals surface area contributed by atoms with Gasteiger partial charge in [0.2, 0.25) is 5.91 Å². The Kier molecular flexibility index (Phi) is 3.74. The van der Waals surface area contributed by atoms with Crippen LogP contribution in [0.3, 0.4) is 0 Å². The molecule has 1 N–H and O–H groups in total. The van der Waals surface area contributed by atoms with Crippen LogP contribution in [-0.4, -0.2) is 18.6 Å². The Hall–Kier alpha value is -1.42. The fourth-order valence-electron chi connectivity index (χ4n) is 2.67. The lowest BCUT2D eigenvalue weighted by Gasteiger charge is -2.18. The zero-order valence-corrected chi connectivity index (χ0v) is 11.7. The Bertz CT molecular complexity index is 513. The quantitative estimate of drug-likeness (QED) is 0.898. The van der Waals surface area contributed by atoms with Crippen LogP contribution in [0.2, 0.25) is 0 Å². The van der Waals surface area contributed by atoms with Gasteiger partial charge >= 0.3 is 0 Å². The number of halogens is 1. The molecule has 20 heavy (non-hydrogen) atoms. The average Bonchev–Trinajstić information content (AvgIpc) is 3.18. The van der Waals surface area contributed by atoms with E-state index < -0.39 is 6.10 Å². The van der Waals surface area contributed by atoms with Crippen molar-refractivity contribution in [3.63, 3.8) is 0 Å². The zero-order valence-electron chi connectivity index (χ0n) is 11.7. The molecule has 0 aliphatic heterocycles. The summed E-state index contributed by atoms with van der Waals surface area (Å²) in [5, 5.41) is 3.01. The summed E-state index contributed by atoms with van der Waals surface area (Å²) >= 11 is 0. The van der Waals surface area contributed by atoms with Gasteiger partial charge in [-0.15, -0.1) is 0 Å². The van der Waals surface area contributed by atoms with Crippen molar-refractivity contribution in [1.82, 2.24) is 5.32 Å². The van der Waals surface area contributed by atoms with Crippen molar-refractivity contribution in [2.24, 2.45) is 5.92 Å². The van der Waals surface area contributed by atoms with Crippen LogP contribution in [0.5, 0.6) is 0 Å². The van der Waals surface area contributed by atoms with Crippen LogP contribution in [0.25, 0.3) is 0 Å². The summed E-state index contributed by atoms with van der Waals surface area (Å²) in [6.45, 7) is 2.47. The summed E-state index contributed by atoms with van der Waals surface area (Å²) in [5.41, 5.74) is 2.04. The molecule has 2 aliphatic carbocycles. The summed E-state index contributed by atoms with van der Waals surface area (Å²) in [4.78, 5) is 12.1. The number of rotatable bonds is 5. The first kappa shape index (κ1) is 13.6. The zero-order chi connectivity index (χ0) is 14.1. The first-order chi connectivity index (χ1) is 9.63. The minimum absolute atomic E-state index is 0.00919. The lowest BCUT2D eigenvalue weighted by Crippen LogP contribution is -2.36. The molecule has 2 aliphatic rings. The summed E-state index contributed by atoms with van der Waals surface area (Å²) in [5.74, 6) is 0.366. The van der Waals surface area contributed by atoms with Gasteiger partial charge in [0.25, 0.3) is 0 Å². The van der Waals surface area contributed by atoms with Crippen molar-refractivity contribution in [2.45, 2.75) is 44.8 Å². The van der Waals surface area contributed by atoms with Crippen molar-refractivity contribution >= 4 is 5.91 Å². The number of benzene rings is 1. The van der Waals surface area contributed by atoms with Crippen LogP contribution in [0, 0.1) is 11.7 Å². The SMILES string of the molecule is CC(OCC1CC1)C(=O)NC1CCc2cc(F)ccc21. The second-order valence-corrected chi connectivity index (χ2v) is 5.86. The first-order valence-corrected chi connectivity index (χ1v) is 7.34. The predicted molar refractivity (Wildman–Crippen MR) is 73.7 cm³/mol. The van der Waals surface area contributed by atoms with Crippen molar-refractivity contribution in [1.29, 1.82) is 0 Å². The fourth-order valence-corrected chi connectivity index (χ4v) is 2.67. The molecule has 0 bridgehead atoms. The third kappa shape index (κ3) is 3.01. The average molecular weight is 277 g/mol. The van der Waals surface area contributed by atoms with E-state index in [0.29, 0.717) is 12.5 Å². The van der Waals surface area contributed by atoms with Gasteiger partial charge in [0.1, 0.15) is 11.9 Å². The van der Waals surface area contributed by atoms with E-state index in [1.165, 1.54) is 18.9 Å². The van der Waals surface area contributed by atoms with E-state index >= 15 is 0 Å². The molecule has 108 valence electrons. The van der Waals surface area contributed by atoms with Gasteiger partial charge in [0.05, 0.1) is 12.6 Å². The van der Waals surface area contributed by atoms with E-state index in [4.69, 9.17) is 4.74 Å². The standard InChI is InChI=1S/C16H20FNO2/c1-10(20-9-11-2-3-11)16(19)18-15-7-4-12-8-13(17)5-6-14(12)15/h5-6,8,10-11,15H,2-4,7,9H2,1H3,(H,18,19). The Morgan fingerprint density at radius 1 is 1.45 bits per heavy atom.